The van der Waals surface area contributed by atoms with E-state index in [-0.39, 0.29) is 0 Å². The summed E-state index contributed by atoms with van der Waals surface area (Å²) in [6, 6.07) is 0. The van der Waals surface area contributed by atoms with Crippen LogP contribution in [0.25, 0.3) is 0 Å². The Kier molecular flexibility index (Phi) is 1.94. The van der Waals surface area contributed by atoms with Gasteiger partial charge in [-0.1, -0.05) is 6.42 Å². The van der Waals surface area contributed by atoms with Gasteiger partial charge in [0.2, 0.25) is 5.79 Å². The molecule has 1 saturated heterocycles. The van der Waals surface area contributed by atoms with E-state index < -0.39 is 5.79 Å². The molecule has 2 aliphatic rings. The van der Waals surface area contributed by atoms with Crippen molar-refractivity contribution in [1.29, 1.82) is 0 Å². The van der Waals surface area contributed by atoms with Gasteiger partial charge in [-0.2, -0.15) is 5.11 Å². The molecule has 12 heavy (non-hydrogen) atoms. The molecule has 0 bridgehead atoms. The Bertz CT molecular complexity index is 203. The maximum Gasteiger partial charge on any atom is 0.206 e. The second-order valence-corrected chi connectivity index (χ2v) is 3.36. The quantitative estimate of drug-likeness (QED) is 0.633. The Hall–Kier alpha value is -0.740. The van der Waals surface area contributed by atoms with Crippen molar-refractivity contribution in [3.05, 3.63) is 12.3 Å². The normalized spacial score (nSPS) is 36.1. The van der Waals surface area contributed by atoms with Crippen molar-refractivity contribution in [2.24, 2.45) is 16.0 Å². The highest BCUT2D eigenvalue weighted by atomic mass is 15.4. The van der Waals surface area contributed by atoms with Gasteiger partial charge in [-0.05, 0) is 18.9 Å². The van der Waals surface area contributed by atoms with Gasteiger partial charge in [0, 0.05) is 13.1 Å². The Morgan fingerprint density at radius 2 is 2.00 bits per heavy atom. The lowest BCUT2D eigenvalue weighted by Crippen LogP contribution is -2.54. The lowest BCUT2D eigenvalue weighted by Gasteiger charge is -2.35. The molecule has 0 aliphatic carbocycles. The van der Waals surface area contributed by atoms with Crippen LogP contribution in [0.4, 0.5) is 0 Å². The van der Waals surface area contributed by atoms with Gasteiger partial charge < -0.3 is 0 Å². The molecule has 2 rings (SSSR count). The molecule has 1 unspecified atom stereocenters. The first-order valence-electron chi connectivity index (χ1n) is 4.45. The Balaban J connectivity index is 2.06. The van der Waals surface area contributed by atoms with E-state index in [0.717, 1.165) is 13.1 Å². The lowest BCUT2D eigenvalue weighted by molar-refractivity contribution is 0.114. The van der Waals surface area contributed by atoms with Crippen LogP contribution < -0.4 is 5.73 Å². The molecular weight excluding hydrogens is 152 g/mol. The average Bonchev–Trinajstić information content (AvgIpc) is 2.55. The summed E-state index contributed by atoms with van der Waals surface area (Å²) in [5.41, 5.74) is 6.01. The van der Waals surface area contributed by atoms with Gasteiger partial charge in [0.1, 0.15) is 0 Å². The van der Waals surface area contributed by atoms with Crippen LogP contribution in [-0.2, 0) is 0 Å². The predicted octanol–water partition coefficient (Wildman–Crippen LogP) is 1.06. The molecule has 4 nitrogen and oxygen atoms in total. The summed E-state index contributed by atoms with van der Waals surface area (Å²) in [5.74, 6) is -0.625. The molecule has 2 aliphatic heterocycles. The van der Waals surface area contributed by atoms with Crippen LogP contribution in [0, 0.1) is 0 Å². The van der Waals surface area contributed by atoms with Crippen LogP contribution in [-0.4, -0.2) is 23.8 Å². The first kappa shape index (κ1) is 7.89. The van der Waals surface area contributed by atoms with Gasteiger partial charge in [0.05, 0.1) is 6.20 Å². The number of rotatable bonds is 1. The summed E-state index contributed by atoms with van der Waals surface area (Å²) in [6.07, 6.45) is 7.30. The molecule has 0 amide bonds. The minimum Gasteiger partial charge on any atom is -0.290 e. The van der Waals surface area contributed by atoms with Gasteiger partial charge >= 0.3 is 0 Å². The third-order valence-electron chi connectivity index (χ3n) is 2.47. The maximum absolute atomic E-state index is 6.01. The number of azo groups is 1. The van der Waals surface area contributed by atoms with Crippen LogP contribution in [0.3, 0.4) is 0 Å². The summed E-state index contributed by atoms with van der Waals surface area (Å²) < 4.78 is 0. The lowest BCUT2D eigenvalue weighted by atomic mass is 10.1. The van der Waals surface area contributed by atoms with Crippen molar-refractivity contribution < 1.29 is 0 Å². The number of piperidine rings is 1. The predicted molar refractivity (Wildman–Crippen MR) is 46.3 cm³/mol. The van der Waals surface area contributed by atoms with E-state index in [1.54, 1.807) is 6.20 Å². The van der Waals surface area contributed by atoms with Gasteiger partial charge in [-0.3, -0.25) is 10.6 Å². The number of hydrogen-bond acceptors (Lipinski definition) is 4. The van der Waals surface area contributed by atoms with Crippen molar-refractivity contribution in [2.75, 3.05) is 13.1 Å². The highest BCUT2D eigenvalue weighted by Gasteiger charge is 2.32. The first-order chi connectivity index (χ1) is 5.81. The standard InChI is InChI=1S/C8H14N4/c9-8(4-5-10-11-8)12-6-2-1-3-7-12/h4-5H,1-3,6-7,9H2. The SMILES string of the molecule is NC1(N2CCCCC2)C=CN=N1. The minimum atomic E-state index is -0.625. The van der Waals surface area contributed by atoms with Crippen molar-refractivity contribution in [1.82, 2.24) is 4.90 Å². The molecule has 0 aromatic rings. The van der Waals surface area contributed by atoms with E-state index in [1.807, 2.05) is 6.08 Å². The number of likely N-dealkylation sites (tertiary alicyclic amines) is 1. The first-order valence-corrected chi connectivity index (χ1v) is 4.45. The maximum atomic E-state index is 6.01. The molecule has 0 spiro atoms. The summed E-state index contributed by atoms with van der Waals surface area (Å²) in [6.45, 7) is 2.08. The van der Waals surface area contributed by atoms with Crippen LogP contribution in [0.2, 0.25) is 0 Å². The second-order valence-electron chi connectivity index (χ2n) is 3.36. The monoisotopic (exact) mass is 166 g/mol. The van der Waals surface area contributed by atoms with E-state index in [1.165, 1.54) is 19.3 Å². The van der Waals surface area contributed by atoms with Gasteiger partial charge in [0.15, 0.2) is 0 Å². The van der Waals surface area contributed by atoms with E-state index in [0.29, 0.717) is 0 Å². The molecule has 0 radical (unpaired) electrons. The molecule has 2 heterocycles. The minimum absolute atomic E-state index is 0.625. The fraction of sp³-hybridized carbons (Fsp3) is 0.750. The third kappa shape index (κ3) is 1.28. The molecule has 66 valence electrons. The van der Waals surface area contributed by atoms with Gasteiger partial charge in [-0.15, -0.1) is 5.11 Å². The molecule has 0 saturated carbocycles. The van der Waals surface area contributed by atoms with E-state index in [4.69, 9.17) is 5.73 Å². The number of nitrogens with zero attached hydrogens (tertiary/aromatic N) is 3. The van der Waals surface area contributed by atoms with Crippen LogP contribution >= 0.6 is 0 Å². The smallest absolute Gasteiger partial charge is 0.206 e. The summed E-state index contributed by atoms with van der Waals surface area (Å²) in [4.78, 5) is 2.18. The third-order valence-corrected chi connectivity index (χ3v) is 2.47. The average molecular weight is 166 g/mol. The highest BCUT2D eigenvalue weighted by Crippen LogP contribution is 2.22. The van der Waals surface area contributed by atoms with Crippen LogP contribution in [0.5, 0.6) is 0 Å². The number of hydrogen-bond donors (Lipinski definition) is 1. The van der Waals surface area contributed by atoms with Crippen molar-refractivity contribution in [2.45, 2.75) is 25.0 Å². The van der Waals surface area contributed by atoms with Crippen molar-refractivity contribution in [3.63, 3.8) is 0 Å². The fourth-order valence-corrected chi connectivity index (χ4v) is 1.72. The topological polar surface area (TPSA) is 54.0 Å². The molecule has 4 heteroatoms. The molecule has 2 N–H and O–H groups in total. The van der Waals surface area contributed by atoms with Crippen molar-refractivity contribution in [3.8, 4) is 0 Å². The highest BCUT2D eigenvalue weighted by molar-refractivity contribution is 5.05. The van der Waals surface area contributed by atoms with E-state index in [9.17, 15) is 0 Å². The number of nitrogens with two attached hydrogens (primary N) is 1. The van der Waals surface area contributed by atoms with E-state index in [2.05, 4.69) is 15.1 Å². The Labute approximate surface area is 72.1 Å². The summed E-state index contributed by atoms with van der Waals surface area (Å²) >= 11 is 0. The zero-order valence-corrected chi connectivity index (χ0v) is 7.11. The molecule has 1 fully saturated rings. The molecular formula is C8H14N4. The second kappa shape index (κ2) is 2.95. The van der Waals surface area contributed by atoms with Crippen LogP contribution in [0.1, 0.15) is 19.3 Å². The fourth-order valence-electron chi connectivity index (χ4n) is 1.72. The Morgan fingerprint density at radius 3 is 2.58 bits per heavy atom. The zero-order chi connectivity index (χ0) is 8.44. The molecule has 1 atom stereocenters. The summed E-state index contributed by atoms with van der Waals surface area (Å²) in [7, 11) is 0. The largest absolute Gasteiger partial charge is 0.290 e. The van der Waals surface area contributed by atoms with Crippen molar-refractivity contribution >= 4 is 0 Å². The molecule has 0 aromatic carbocycles. The Morgan fingerprint density at radius 1 is 1.25 bits per heavy atom. The summed E-state index contributed by atoms with van der Waals surface area (Å²) in [5, 5.41) is 7.80. The van der Waals surface area contributed by atoms with Crippen LogP contribution in [0.15, 0.2) is 22.5 Å². The van der Waals surface area contributed by atoms with Gasteiger partial charge in [0.25, 0.3) is 0 Å². The van der Waals surface area contributed by atoms with E-state index >= 15 is 0 Å². The zero-order valence-electron chi connectivity index (χ0n) is 7.11. The molecule has 0 aromatic heterocycles. The van der Waals surface area contributed by atoms with Gasteiger partial charge in [-0.25, -0.2) is 0 Å².